The topological polar surface area (TPSA) is 12.0 Å². The highest BCUT2D eigenvalue weighted by Crippen LogP contribution is 2.35. The highest BCUT2D eigenvalue weighted by Gasteiger charge is 2.28. The first-order valence-corrected chi connectivity index (χ1v) is 6.51. The summed E-state index contributed by atoms with van der Waals surface area (Å²) < 4.78 is 0. The molecular weight excluding hydrogens is 218 g/mol. The van der Waals surface area contributed by atoms with Gasteiger partial charge in [-0.05, 0) is 49.3 Å². The molecule has 1 N–H and O–H groups in total. The number of alkyl halides is 1. The van der Waals surface area contributed by atoms with Crippen LogP contribution in [0.15, 0.2) is 18.2 Å². The lowest BCUT2D eigenvalue weighted by atomic mass is 10.1. The van der Waals surface area contributed by atoms with Gasteiger partial charge in [0.2, 0.25) is 0 Å². The van der Waals surface area contributed by atoms with Gasteiger partial charge in [0.25, 0.3) is 0 Å². The summed E-state index contributed by atoms with van der Waals surface area (Å²) in [6, 6.07) is 6.63. The van der Waals surface area contributed by atoms with Crippen molar-refractivity contribution >= 4 is 11.6 Å². The van der Waals surface area contributed by atoms with Gasteiger partial charge in [-0.25, -0.2) is 0 Å². The molecule has 0 heterocycles. The highest BCUT2D eigenvalue weighted by molar-refractivity contribution is 6.21. The number of hydrogen-bond donors (Lipinski definition) is 1. The van der Waals surface area contributed by atoms with Crippen LogP contribution in [-0.4, -0.2) is 11.9 Å². The zero-order chi connectivity index (χ0) is 11.5. The number of benzene rings is 1. The number of hydrogen-bond acceptors (Lipinski definition) is 1. The molecule has 0 spiro atoms. The van der Waals surface area contributed by atoms with Crippen LogP contribution in [0, 0.1) is 19.8 Å². The van der Waals surface area contributed by atoms with Crippen LogP contribution in [0.25, 0.3) is 0 Å². The van der Waals surface area contributed by atoms with Crippen molar-refractivity contribution < 1.29 is 0 Å². The molecule has 0 saturated heterocycles. The minimum atomic E-state index is 0.326. The van der Waals surface area contributed by atoms with Gasteiger partial charge < -0.3 is 5.32 Å². The Morgan fingerprint density at radius 3 is 2.69 bits per heavy atom. The molecule has 1 aliphatic rings. The van der Waals surface area contributed by atoms with Crippen LogP contribution in [0.1, 0.15) is 29.5 Å². The van der Waals surface area contributed by atoms with Gasteiger partial charge in [-0.2, -0.15) is 0 Å². The maximum atomic E-state index is 6.24. The van der Waals surface area contributed by atoms with Gasteiger partial charge in [-0.3, -0.25) is 0 Å². The second kappa shape index (κ2) is 5.20. The van der Waals surface area contributed by atoms with Gasteiger partial charge >= 0.3 is 0 Å². The van der Waals surface area contributed by atoms with E-state index in [4.69, 9.17) is 11.6 Å². The summed E-state index contributed by atoms with van der Waals surface area (Å²) in [5.74, 6) is 0.772. The van der Waals surface area contributed by atoms with Crippen LogP contribution >= 0.6 is 11.6 Å². The van der Waals surface area contributed by atoms with Crippen molar-refractivity contribution in [3.8, 4) is 0 Å². The molecule has 0 aliphatic heterocycles. The van der Waals surface area contributed by atoms with Crippen molar-refractivity contribution in [1.29, 1.82) is 0 Å². The largest absolute Gasteiger partial charge is 0.311 e. The van der Waals surface area contributed by atoms with Gasteiger partial charge in [0.1, 0.15) is 0 Å². The van der Waals surface area contributed by atoms with Gasteiger partial charge in [-0.15, -0.1) is 11.6 Å². The zero-order valence-corrected chi connectivity index (χ0v) is 10.8. The van der Waals surface area contributed by atoms with Crippen LogP contribution < -0.4 is 5.32 Å². The minimum Gasteiger partial charge on any atom is -0.311 e. The Morgan fingerprint density at radius 2 is 2.06 bits per heavy atom. The van der Waals surface area contributed by atoms with Gasteiger partial charge in [0, 0.05) is 18.5 Å². The molecule has 1 aromatic rings. The standard InChI is InChI=1S/C14H20ClN/c1-10-3-4-12(7-11(10)2)8-16-9-14(15)13-5-6-13/h3-4,7,13-14,16H,5-6,8-9H2,1-2H3. The molecule has 1 fully saturated rings. The van der Waals surface area contributed by atoms with Crippen molar-refractivity contribution in [2.45, 2.75) is 38.6 Å². The molecule has 1 unspecified atom stereocenters. The molecule has 2 heteroatoms. The molecule has 88 valence electrons. The monoisotopic (exact) mass is 237 g/mol. The van der Waals surface area contributed by atoms with E-state index in [1.165, 1.54) is 29.5 Å². The molecular formula is C14H20ClN. The quantitative estimate of drug-likeness (QED) is 0.774. The number of nitrogens with one attached hydrogen (secondary N) is 1. The van der Waals surface area contributed by atoms with Crippen LogP contribution in [0.3, 0.4) is 0 Å². The molecule has 1 nitrogen and oxygen atoms in total. The Labute approximate surface area is 103 Å². The van der Waals surface area contributed by atoms with Crippen molar-refractivity contribution in [2.24, 2.45) is 5.92 Å². The van der Waals surface area contributed by atoms with E-state index in [2.05, 4.69) is 37.4 Å². The Morgan fingerprint density at radius 1 is 1.31 bits per heavy atom. The summed E-state index contributed by atoms with van der Waals surface area (Å²) in [6.45, 7) is 6.16. The lowest BCUT2D eigenvalue weighted by Gasteiger charge is -2.10. The van der Waals surface area contributed by atoms with Gasteiger partial charge in [0.15, 0.2) is 0 Å². The average Bonchev–Trinajstić information content (AvgIpc) is 3.07. The van der Waals surface area contributed by atoms with E-state index in [1.54, 1.807) is 0 Å². The average molecular weight is 238 g/mol. The fourth-order valence-corrected chi connectivity index (χ4v) is 2.25. The van der Waals surface area contributed by atoms with Crippen molar-refractivity contribution in [3.63, 3.8) is 0 Å². The fourth-order valence-electron chi connectivity index (χ4n) is 1.89. The van der Waals surface area contributed by atoms with Crippen LogP contribution in [0.5, 0.6) is 0 Å². The number of rotatable bonds is 5. The normalized spacial score (nSPS) is 17.4. The Balaban J connectivity index is 1.78. The molecule has 0 radical (unpaired) electrons. The molecule has 1 aromatic carbocycles. The molecule has 0 bridgehead atoms. The SMILES string of the molecule is Cc1ccc(CNCC(Cl)C2CC2)cc1C. The van der Waals surface area contributed by atoms with Crippen molar-refractivity contribution in [1.82, 2.24) is 5.32 Å². The summed E-state index contributed by atoms with van der Waals surface area (Å²) >= 11 is 6.24. The predicted molar refractivity (Wildman–Crippen MR) is 70.0 cm³/mol. The van der Waals surface area contributed by atoms with Gasteiger partial charge in [-0.1, -0.05) is 18.2 Å². The second-order valence-corrected chi connectivity index (χ2v) is 5.46. The van der Waals surface area contributed by atoms with Crippen molar-refractivity contribution in [3.05, 3.63) is 34.9 Å². The van der Waals surface area contributed by atoms with E-state index < -0.39 is 0 Å². The third-order valence-electron chi connectivity index (χ3n) is 3.37. The molecule has 1 atom stereocenters. The Bertz CT molecular complexity index is 358. The summed E-state index contributed by atoms with van der Waals surface area (Å²) in [5, 5.41) is 3.76. The third-order valence-corrected chi connectivity index (χ3v) is 3.88. The molecule has 0 amide bonds. The molecule has 2 rings (SSSR count). The van der Waals surface area contributed by atoms with Crippen LogP contribution in [0.2, 0.25) is 0 Å². The Kier molecular flexibility index (Phi) is 3.88. The minimum absolute atomic E-state index is 0.326. The predicted octanol–water partition coefficient (Wildman–Crippen LogP) is 3.41. The van der Waals surface area contributed by atoms with Crippen molar-refractivity contribution in [2.75, 3.05) is 6.54 Å². The summed E-state index contributed by atoms with van der Waals surface area (Å²) in [5.41, 5.74) is 4.07. The number of halogens is 1. The molecule has 0 aromatic heterocycles. The summed E-state index contributed by atoms with van der Waals surface area (Å²) in [4.78, 5) is 0. The first kappa shape index (κ1) is 11.9. The molecule has 16 heavy (non-hydrogen) atoms. The van der Waals surface area contributed by atoms with E-state index in [0.29, 0.717) is 5.38 Å². The number of aryl methyl sites for hydroxylation is 2. The Hall–Kier alpha value is -0.530. The van der Waals surface area contributed by atoms with E-state index in [1.807, 2.05) is 0 Å². The van der Waals surface area contributed by atoms with Crippen LogP contribution in [0.4, 0.5) is 0 Å². The molecule has 1 saturated carbocycles. The molecule has 1 aliphatic carbocycles. The van der Waals surface area contributed by atoms with E-state index in [-0.39, 0.29) is 0 Å². The highest BCUT2D eigenvalue weighted by atomic mass is 35.5. The summed E-state index contributed by atoms with van der Waals surface area (Å²) in [6.07, 6.45) is 2.64. The van der Waals surface area contributed by atoms with E-state index in [0.717, 1.165) is 19.0 Å². The third kappa shape index (κ3) is 3.23. The van der Waals surface area contributed by atoms with Gasteiger partial charge in [0.05, 0.1) is 0 Å². The maximum absolute atomic E-state index is 6.24. The zero-order valence-electron chi connectivity index (χ0n) is 10.1. The van der Waals surface area contributed by atoms with E-state index in [9.17, 15) is 0 Å². The van der Waals surface area contributed by atoms with E-state index >= 15 is 0 Å². The first-order valence-electron chi connectivity index (χ1n) is 6.07. The lowest BCUT2D eigenvalue weighted by molar-refractivity contribution is 0.620. The second-order valence-electron chi connectivity index (χ2n) is 4.90. The first-order chi connectivity index (χ1) is 7.66. The lowest BCUT2D eigenvalue weighted by Crippen LogP contribution is -2.24. The summed E-state index contributed by atoms with van der Waals surface area (Å²) in [7, 11) is 0. The maximum Gasteiger partial charge on any atom is 0.0488 e. The smallest absolute Gasteiger partial charge is 0.0488 e. The van der Waals surface area contributed by atoms with Crippen LogP contribution in [-0.2, 0) is 6.54 Å². The fraction of sp³-hybridized carbons (Fsp3) is 0.571.